The lowest BCUT2D eigenvalue weighted by atomic mass is 9.67. The summed E-state index contributed by atoms with van der Waals surface area (Å²) in [5, 5.41) is 0. The van der Waals surface area contributed by atoms with Crippen molar-refractivity contribution in [3.8, 4) is 0 Å². The largest absolute Gasteiger partial charge is 0.382 e. The van der Waals surface area contributed by atoms with Crippen LogP contribution < -0.4 is 5.73 Å². The summed E-state index contributed by atoms with van der Waals surface area (Å²) in [5.74, 6) is 0.844. The highest BCUT2D eigenvalue weighted by molar-refractivity contribution is 4.87. The van der Waals surface area contributed by atoms with Gasteiger partial charge in [0.25, 0.3) is 0 Å². The molecule has 3 unspecified atom stereocenters. The average Bonchev–Trinajstić information content (AvgIpc) is 2.17. The molecule has 84 valence electrons. The summed E-state index contributed by atoms with van der Waals surface area (Å²) < 4.78 is 5.36. The summed E-state index contributed by atoms with van der Waals surface area (Å²) in [6, 6.07) is 0. The summed E-state index contributed by atoms with van der Waals surface area (Å²) in [5.41, 5.74) is 6.32. The minimum absolute atomic E-state index is 0.351. The fraction of sp³-hybridized carbons (Fsp3) is 1.00. The molecule has 2 heteroatoms. The first-order chi connectivity index (χ1) is 6.62. The summed E-state index contributed by atoms with van der Waals surface area (Å²) in [6.45, 7) is 5.32. The maximum absolute atomic E-state index is 5.95. The van der Waals surface area contributed by atoms with Crippen LogP contribution in [0.1, 0.15) is 46.0 Å². The summed E-state index contributed by atoms with van der Waals surface area (Å²) >= 11 is 0. The standard InChI is InChI=1S/C12H25NO/c1-10-5-4-6-12(7-10,9-13)8-11(2)14-3/h10-11H,4-9,13H2,1-3H3. The summed E-state index contributed by atoms with van der Waals surface area (Å²) in [4.78, 5) is 0. The van der Waals surface area contributed by atoms with E-state index in [1.54, 1.807) is 7.11 Å². The Balaban J connectivity index is 2.55. The second kappa shape index (κ2) is 5.13. The van der Waals surface area contributed by atoms with Crippen LogP contribution in [0, 0.1) is 11.3 Å². The number of rotatable bonds is 4. The molecule has 0 bridgehead atoms. The third-order valence-corrected chi connectivity index (χ3v) is 3.74. The minimum atomic E-state index is 0.351. The molecule has 0 aromatic heterocycles. The van der Waals surface area contributed by atoms with Gasteiger partial charge in [-0.1, -0.05) is 19.8 Å². The van der Waals surface area contributed by atoms with Crippen LogP contribution in [-0.4, -0.2) is 19.8 Å². The topological polar surface area (TPSA) is 35.2 Å². The van der Waals surface area contributed by atoms with Crippen molar-refractivity contribution in [3.63, 3.8) is 0 Å². The second-order valence-corrected chi connectivity index (χ2v) is 5.16. The maximum Gasteiger partial charge on any atom is 0.0549 e. The van der Waals surface area contributed by atoms with E-state index in [4.69, 9.17) is 10.5 Å². The molecule has 3 atom stereocenters. The third-order valence-electron chi connectivity index (χ3n) is 3.74. The molecular weight excluding hydrogens is 174 g/mol. The number of nitrogens with two attached hydrogens (primary N) is 1. The quantitative estimate of drug-likeness (QED) is 0.755. The molecule has 0 aromatic rings. The molecule has 0 aromatic carbocycles. The second-order valence-electron chi connectivity index (χ2n) is 5.16. The predicted molar refractivity (Wildman–Crippen MR) is 60.2 cm³/mol. The Hall–Kier alpha value is -0.0800. The lowest BCUT2D eigenvalue weighted by Crippen LogP contribution is -2.38. The van der Waals surface area contributed by atoms with Gasteiger partial charge in [-0.25, -0.2) is 0 Å². The van der Waals surface area contributed by atoms with Gasteiger partial charge in [0.1, 0.15) is 0 Å². The van der Waals surface area contributed by atoms with Gasteiger partial charge in [-0.15, -0.1) is 0 Å². The van der Waals surface area contributed by atoms with Crippen molar-refractivity contribution in [3.05, 3.63) is 0 Å². The molecular formula is C12H25NO. The van der Waals surface area contributed by atoms with Gasteiger partial charge in [-0.3, -0.25) is 0 Å². The minimum Gasteiger partial charge on any atom is -0.382 e. The van der Waals surface area contributed by atoms with Gasteiger partial charge in [0.05, 0.1) is 6.10 Å². The lowest BCUT2D eigenvalue weighted by Gasteiger charge is -2.40. The molecule has 1 rings (SSSR count). The van der Waals surface area contributed by atoms with Gasteiger partial charge in [-0.2, -0.15) is 0 Å². The van der Waals surface area contributed by atoms with Crippen molar-refractivity contribution < 1.29 is 4.74 Å². The van der Waals surface area contributed by atoms with Crippen molar-refractivity contribution >= 4 is 0 Å². The predicted octanol–water partition coefficient (Wildman–Crippen LogP) is 2.57. The molecule has 0 heterocycles. The first-order valence-electron chi connectivity index (χ1n) is 5.85. The summed E-state index contributed by atoms with van der Waals surface area (Å²) in [6.07, 6.45) is 6.78. The normalized spacial score (nSPS) is 35.6. The Bertz CT molecular complexity index is 172. The zero-order valence-corrected chi connectivity index (χ0v) is 9.88. The van der Waals surface area contributed by atoms with Crippen LogP contribution in [0.25, 0.3) is 0 Å². The van der Waals surface area contributed by atoms with E-state index in [1.165, 1.54) is 25.7 Å². The van der Waals surface area contributed by atoms with E-state index in [0.717, 1.165) is 18.9 Å². The molecule has 0 spiro atoms. The highest BCUT2D eigenvalue weighted by Gasteiger charge is 2.34. The van der Waals surface area contributed by atoms with E-state index in [2.05, 4.69) is 13.8 Å². The van der Waals surface area contributed by atoms with E-state index in [0.29, 0.717) is 11.5 Å². The fourth-order valence-electron chi connectivity index (χ4n) is 2.92. The maximum atomic E-state index is 5.95. The number of hydrogen-bond donors (Lipinski definition) is 1. The van der Waals surface area contributed by atoms with E-state index in [9.17, 15) is 0 Å². The fourth-order valence-corrected chi connectivity index (χ4v) is 2.92. The highest BCUT2D eigenvalue weighted by atomic mass is 16.5. The van der Waals surface area contributed by atoms with Gasteiger partial charge in [0.2, 0.25) is 0 Å². The molecule has 0 amide bonds. The Labute approximate surface area is 88.2 Å². The number of ether oxygens (including phenoxy) is 1. The molecule has 1 aliphatic rings. The van der Waals surface area contributed by atoms with E-state index >= 15 is 0 Å². The molecule has 0 radical (unpaired) electrons. The Morgan fingerprint density at radius 2 is 2.29 bits per heavy atom. The number of hydrogen-bond acceptors (Lipinski definition) is 2. The Morgan fingerprint density at radius 3 is 2.79 bits per heavy atom. The van der Waals surface area contributed by atoms with Gasteiger partial charge >= 0.3 is 0 Å². The molecule has 0 saturated heterocycles. The average molecular weight is 199 g/mol. The van der Waals surface area contributed by atoms with Crippen molar-refractivity contribution in [1.82, 2.24) is 0 Å². The molecule has 2 nitrogen and oxygen atoms in total. The van der Waals surface area contributed by atoms with Crippen LogP contribution in [0.3, 0.4) is 0 Å². The van der Waals surface area contributed by atoms with Crippen molar-refractivity contribution in [2.45, 2.75) is 52.1 Å². The van der Waals surface area contributed by atoms with Crippen LogP contribution in [0.4, 0.5) is 0 Å². The van der Waals surface area contributed by atoms with E-state index in [1.807, 2.05) is 0 Å². The number of methoxy groups -OCH3 is 1. The Kier molecular flexibility index (Phi) is 4.39. The molecule has 1 saturated carbocycles. The zero-order valence-electron chi connectivity index (χ0n) is 9.88. The van der Waals surface area contributed by atoms with Crippen LogP contribution in [-0.2, 0) is 4.74 Å². The molecule has 14 heavy (non-hydrogen) atoms. The van der Waals surface area contributed by atoms with Crippen molar-refractivity contribution in [2.75, 3.05) is 13.7 Å². The van der Waals surface area contributed by atoms with Gasteiger partial charge < -0.3 is 10.5 Å². The molecule has 0 aliphatic heterocycles. The van der Waals surface area contributed by atoms with Crippen molar-refractivity contribution in [1.29, 1.82) is 0 Å². The van der Waals surface area contributed by atoms with Crippen LogP contribution in [0.2, 0.25) is 0 Å². The van der Waals surface area contributed by atoms with Gasteiger partial charge in [0, 0.05) is 7.11 Å². The highest BCUT2D eigenvalue weighted by Crippen LogP contribution is 2.42. The first-order valence-corrected chi connectivity index (χ1v) is 5.85. The molecule has 1 aliphatic carbocycles. The SMILES string of the molecule is COC(C)CC1(CN)CCCC(C)C1. The zero-order chi connectivity index (χ0) is 10.6. The first kappa shape index (κ1) is 12.0. The summed E-state index contributed by atoms with van der Waals surface area (Å²) in [7, 11) is 1.79. The Morgan fingerprint density at radius 1 is 1.57 bits per heavy atom. The van der Waals surface area contributed by atoms with Crippen LogP contribution in [0.5, 0.6) is 0 Å². The van der Waals surface area contributed by atoms with Crippen LogP contribution in [0.15, 0.2) is 0 Å². The molecule has 2 N–H and O–H groups in total. The third kappa shape index (κ3) is 2.96. The van der Waals surface area contributed by atoms with Gasteiger partial charge in [0.15, 0.2) is 0 Å². The van der Waals surface area contributed by atoms with Crippen LogP contribution >= 0.6 is 0 Å². The van der Waals surface area contributed by atoms with Crippen molar-refractivity contribution in [2.24, 2.45) is 17.1 Å². The smallest absolute Gasteiger partial charge is 0.0549 e. The van der Waals surface area contributed by atoms with E-state index in [-0.39, 0.29) is 0 Å². The van der Waals surface area contributed by atoms with Gasteiger partial charge in [-0.05, 0) is 44.1 Å². The molecule has 1 fully saturated rings. The van der Waals surface area contributed by atoms with E-state index < -0.39 is 0 Å². The monoisotopic (exact) mass is 199 g/mol. The lowest BCUT2D eigenvalue weighted by molar-refractivity contribution is 0.0388.